The predicted octanol–water partition coefficient (Wildman–Crippen LogP) is 2.80. The van der Waals surface area contributed by atoms with Crippen LogP contribution in [0.5, 0.6) is 0 Å². The van der Waals surface area contributed by atoms with Crippen molar-refractivity contribution in [3.63, 3.8) is 0 Å². The van der Waals surface area contributed by atoms with Crippen molar-refractivity contribution >= 4 is 22.9 Å². The van der Waals surface area contributed by atoms with Crippen LogP contribution in [0, 0.1) is 11.3 Å². The lowest BCUT2D eigenvalue weighted by atomic mass is 10.1. The molecule has 0 aliphatic carbocycles. The lowest BCUT2D eigenvalue weighted by Crippen LogP contribution is -2.46. The zero-order valence-corrected chi connectivity index (χ0v) is 23.5. The van der Waals surface area contributed by atoms with Crippen LogP contribution in [0.4, 0.5) is 11.8 Å². The average molecular weight is 583 g/mol. The molecule has 6 heterocycles. The van der Waals surface area contributed by atoms with Gasteiger partial charge in [0.05, 0.1) is 17.0 Å². The number of piperazine rings is 1. The quantitative estimate of drug-likeness (QED) is 0.296. The van der Waals surface area contributed by atoms with E-state index in [4.69, 9.17) is 21.0 Å². The van der Waals surface area contributed by atoms with Gasteiger partial charge in [-0.15, -0.1) is 0 Å². The third-order valence-electron chi connectivity index (χ3n) is 7.54. The van der Waals surface area contributed by atoms with E-state index in [1.54, 1.807) is 12.3 Å². The molecule has 6 aromatic rings. The molecule has 3 N–H and O–H groups in total. The number of anilines is 2. The van der Waals surface area contributed by atoms with Gasteiger partial charge < -0.3 is 15.6 Å². The monoisotopic (exact) mass is 582 g/mol. The van der Waals surface area contributed by atoms with Crippen LogP contribution in [0.25, 0.3) is 39.6 Å². The number of nitrogens with two attached hydrogens (primary N) is 1. The summed E-state index contributed by atoms with van der Waals surface area (Å²) in [4.78, 5) is 45.7. The maximum atomic E-state index is 12.0. The molecule has 1 saturated heterocycles. The van der Waals surface area contributed by atoms with Gasteiger partial charge in [0.2, 0.25) is 17.3 Å². The first-order valence-corrected chi connectivity index (χ1v) is 14.0. The smallest absolute Gasteiger partial charge is 0.248 e. The zero-order chi connectivity index (χ0) is 30.0. The van der Waals surface area contributed by atoms with Crippen LogP contribution in [-0.4, -0.2) is 70.5 Å². The number of hydrogen-bond acceptors (Lipinski definition) is 11. The molecule has 7 rings (SSSR count). The molecule has 0 atom stereocenters. The largest absolute Gasteiger partial charge is 0.383 e. The molecule has 44 heavy (non-hydrogen) atoms. The fourth-order valence-electron chi connectivity index (χ4n) is 5.34. The van der Waals surface area contributed by atoms with Crippen molar-refractivity contribution in [1.29, 1.82) is 5.26 Å². The number of aromatic amines is 1. The summed E-state index contributed by atoms with van der Waals surface area (Å²) >= 11 is 0. The summed E-state index contributed by atoms with van der Waals surface area (Å²) in [5.74, 6) is 1.65. The normalized spacial score (nSPS) is 13.7. The van der Waals surface area contributed by atoms with Crippen LogP contribution in [0.2, 0.25) is 0 Å². The third kappa shape index (κ3) is 5.21. The maximum absolute atomic E-state index is 12.0. The number of H-pyrrole nitrogens is 1. The Morgan fingerprint density at radius 3 is 2.50 bits per heavy atom. The fourth-order valence-corrected chi connectivity index (χ4v) is 5.34. The molecule has 1 aliphatic heterocycles. The standard InChI is InChI=1S/C31H26N12O/c32-17-26-35-19-36-31(40-26)42-15-13-41(14-16-42)18-20-6-8-21(9-7-20)43-29(22-3-2-12-34-28(22)33)39-25-11-10-24(38-30(25)43)23-4-1-5-27(44)37-23/h1-12,19H,13-16,18H2,(H2,33,34)(H,37,44). The molecular weight excluding hydrogens is 556 g/mol. The number of hydrogen-bond donors (Lipinski definition) is 2. The van der Waals surface area contributed by atoms with Crippen molar-refractivity contribution in [2.75, 3.05) is 36.8 Å². The second-order valence-corrected chi connectivity index (χ2v) is 10.3. The van der Waals surface area contributed by atoms with Crippen LogP contribution in [0.1, 0.15) is 11.4 Å². The topological polar surface area (TPSA) is 171 Å². The summed E-state index contributed by atoms with van der Waals surface area (Å²) in [5, 5.41) is 9.09. The third-order valence-corrected chi connectivity index (χ3v) is 7.54. The van der Waals surface area contributed by atoms with Gasteiger partial charge in [0.15, 0.2) is 11.5 Å². The summed E-state index contributed by atoms with van der Waals surface area (Å²) in [5.41, 5.74) is 11.4. The number of rotatable bonds is 6. The van der Waals surface area contributed by atoms with E-state index in [0.717, 1.165) is 44.0 Å². The van der Waals surface area contributed by atoms with Gasteiger partial charge in [-0.3, -0.25) is 14.3 Å². The fraction of sp³-hybridized carbons (Fsp3) is 0.161. The van der Waals surface area contributed by atoms with E-state index in [0.29, 0.717) is 45.7 Å². The average Bonchev–Trinajstić information content (AvgIpc) is 3.44. The van der Waals surface area contributed by atoms with E-state index in [2.05, 4.69) is 59.0 Å². The Bertz CT molecular complexity index is 2070. The Labute approximate surface area is 251 Å². The Morgan fingerprint density at radius 2 is 1.73 bits per heavy atom. The van der Waals surface area contributed by atoms with Crippen molar-refractivity contribution in [2.24, 2.45) is 0 Å². The van der Waals surface area contributed by atoms with Gasteiger partial charge in [0.25, 0.3) is 0 Å². The van der Waals surface area contributed by atoms with Crippen LogP contribution in [-0.2, 0) is 6.54 Å². The van der Waals surface area contributed by atoms with Crippen molar-refractivity contribution in [3.8, 4) is 34.5 Å². The number of nitriles is 1. The summed E-state index contributed by atoms with van der Waals surface area (Å²) in [6, 6.07) is 22.7. The van der Waals surface area contributed by atoms with E-state index in [9.17, 15) is 4.79 Å². The molecular formula is C31H26N12O. The van der Waals surface area contributed by atoms with Crippen LogP contribution in [0.15, 0.2) is 84.0 Å². The molecule has 0 amide bonds. The number of nitrogens with one attached hydrogen (secondary N) is 1. The number of pyridine rings is 3. The molecule has 216 valence electrons. The van der Waals surface area contributed by atoms with E-state index in [1.165, 1.54) is 12.4 Å². The molecule has 5 aromatic heterocycles. The van der Waals surface area contributed by atoms with Crippen molar-refractivity contribution in [1.82, 2.24) is 44.4 Å². The number of nitrogens with zero attached hydrogens (tertiary/aromatic N) is 10. The summed E-state index contributed by atoms with van der Waals surface area (Å²) in [6.45, 7) is 3.96. The minimum atomic E-state index is -0.197. The molecule has 0 radical (unpaired) electrons. The van der Waals surface area contributed by atoms with Crippen LogP contribution in [0.3, 0.4) is 0 Å². The van der Waals surface area contributed by atoms with Gasteiger partial charge in [-0.25, -0.2) is 24.9 Å². The zero-order valence-electron chi connectivity index (χ0n) is 23.5. The summed E-state index contributed by atoms with van der Waals surface area (Å²) in [6.07, 6.45) is 3.03. The number of aromatic nitrogens is 8. The molecule has 0 saturated carbocycles. The first-order valence-electron chi connectivity index (χ1n) is 14.0. The van der Waals surface area contributed by atoms with Crippen molar-refractivity contribution < 1.29 is 0 Å². The van der Waals surface area contributed by atoms with Crippen molar-refractivity contribution in [2.45, 2.75) is 6.54 Å². The van der Waals surface area contributed by atoms with E-state index < -0.39 is 0 Å². The second-order valence-electron chi connectivity index (χ2n) is 10.3. The van der Waals surface area contributed by atoms with Crippen molar-refractivity contribution in [3.05, 3.63) is 101 Å². The maximum Gasteiger partial charge on any atom is 0.248 e. The molecule has 13 nitrogen and oxygen atoms in total. The van der Waals surface area contributed by atoms with Gasteiger partial charge in [-0.2, -0.15) is 10.2 Å². The number of imidazole rings is 1. The molecule has 13 heteroatoms. The van der Waals surface area contributed by atoms with E-state index in [-0.39, 0.29) is 11.4 Å². The number of fused-ring (bicyclic) bond motifs is 1. The molecule has 0 spiro atoms. The first-order chi connectivity index (χ1) is 21.6. The molecule has 0 unspecified atom stereocenters. The van der Waals surface area contributed by atoms with E-state index in [1.807, 2.05) is 41.0 Å². The minimum absolute atomic E-state index is 0.124. The summed E-state index contributed by atoms with van der Waals surface area (Å²) in [7, 11) is 0. The lowest BCUT2D eigenvalue weighted by Gasteiger charge is -2.34. The Kier molecular flexibility index (Phi) is 6.93. The van der Waals surface area contributed by atoms with Gasteiger partial charge in [0, 0.05) is 50.7 Å². The van der Waals surface area contributed by atoms with Crippen LogP contribution >= 0.6 is 0 Å². The van der Waals surface area contributed by atoms with Gasteiger partial charge in [0.1, 0.15) is 23.7 Å². The van der Waals surface area contributed by atoms with E-state index >= 15 is 0 Å². The minimum Gasteiger partial charge on any atom is -0.383 e. The summed E-state index contributed by atoms with van der Waals surface area (Å²) < 4.78 is 1.97. The first kappa shape index (κ1) is 26.9. The SMILES string of the molecule is N#Cc1ncnc(N2CCN(Cc3ccc(-n4c(-c5cccnc5N)nc5ccc(-c6cccc(=O)[nH]6)nc54)cc3)CC2)n1. The number of nitrogen functional groups attached to an aromatic ring is 1. The van der Waals surface area contributed by atoms with Gasteiger partial charge in [-0.1, -0.05) is 18.2 Å². The molecule has 1 fully saturated rings. The highest BCUT2D eigenvalue weighted by molar-refractivity contribution is 5.84. The molecule has 0 bridgehead atoms. The predicted molar refractivity (Wildman–Crippen MR) is 165 cm³/mol. The Balaban J connectivity index is 1.18. The number of benzene rings is 1. The molecule has 1 aliphatic rings. The highest BCUT2D eigenvalue weighted by Crippen LogP contribution is 2.31. The van der Waals surface area contributed by atoms with Crippen LogP contribution < -0.4 is 16.2 Å². The highest BCUT2D eigenvalue weighted by atomic mass is 16.1. The highest BCUT2D eigenvalue weighted by Gasteiger charge is 2.21. The van der Waals surface area contributed by atoms with Gasteiger partial charge in [-0.05, 0) is 48.0 Å². The van der Waals surface area contributed by atoms with Gasteiger partial charge >= 0.3 is 0 Å². The Morgan fingerprint density at radius 1 is 0.886 bits per heavy atom. The Hall–Kier alpha value is -6.00. The second kappa shape index (κ2) is 11.3. The lowest BCUT2D eigenvalue weighted by molar-refractivity contribution is 0.248. The molecule has 1 aromatic carbocycles.